The molecule has 41 heavy (non-hydrogen) atoms. The van der Waals surface area contributed by atoms with Gasteiger partial charge in [0, 0.05) is 29.4 Å². The molecule has 214 valence electrons. The van der Waals surface area contributed by atoms with E-state index < -0.39 is 40.6 Å². The van der Waals surface area contributed by atoms with Crippen molar-refractivity contribution < 1.29 is 32.2 Å². The number of nitrogens with zero attached hydrogens (tertiary/aromatic N) is 4. The molecular weight excluding hydrogens is 557 g/mol. The summed E-state index contributed by atoms with van der Waals surface area (Å²) in [4.78, 5) is 16.2. The second kappa shape index (κ2) is 13.6. The molecule has 2 atom stereocenters. The lowest BCUT2D eigenvalue weighted by molar-refractivity contribution is -0.160. The maximum atomic E-state index is 15.1. The van der Waals surface area contributed by atoms with Gasteiger partial charge < -0.3 is 14.2 Å². The summed E-state index contributed by atoms with van der Waals surface area (Å²) in [5, 5.41) is 12.2. The van der Waals surface area contributed by atoms with Gasteiger partial charge in [-0.05, 0) is 37.3 Å². The van der Waals surface area contributed by atoms with E-state index in [1.807, 2.05) is 6.07 Å². The Labute approximate surface area is 239 Å². The number of esters is 1. The average Bonchev–Trinajstić information content (AvgIpc) is 3.45. The molecule has 1 fully saturated rings. The first kappa shape index (κ1) is 30.0. The number of nitriles is 1. The van der Waals surface area contributed by atoms with Crippen LogP contribution in [-0.2, 0) is 31.2 Å². The van der Waals surface area contributed by atoms with E-state index in [0.717, 1.165) is 12.1 Å². The van der Waals surface area contributed by atoms with Crippen molar-refractivity contribution in [3.8, 4) is 6.07 Å². The largest absolute Gasteiger partial charge is 0.451 e. The average molecular weight is 585 g/mol. The minimum atomic E-state index is -1.55. The van der Waals surface area contributed by atoms with Crippen LogP contribution in [-0.4, -0.2) is 50.7 Å². The van der Waals surface area contributed by atoms with Crippen LogP contribution in [0.1, 0.15) is 30.5 Å². The molecule has 1 saturated heterocycles. The van der Waals surface area contributed by atoms with Gasteiger partial charge in [0.25, 0.3) is 0 Å². The fourth-order valence-corrected chi connectivity index (χ4v) is 5.74. The minimum Gasteiger partial charge on any atom is -0.451 e. The summed E-state index contributed by atoms with van der Waals surface area (Å²) >= 11 is 1.38. The molecule has 0 radical (unpaired) electrons. The van der Waals surface area contributed by atoms with Gasteiger partial charge in [0.15, 0.2) is 11.9 Å². The fraction of sp³-hybridized carbons (Fsp3) is 0.310. The molecule has 0 spiro atoms. The Morgan fingerprint density at radius 3 is 2.63 bits per heavy atom. The third-order valence-corrected chi connectivity index (χ3v) is 7.75. The highest BCUT2D eigenvalue weighted by Crippen LogP contribution is 2.42. The molecule has 4 rings (SSSR count). The number of hydrogen-bond donors (Lipinski definition) is 0. The van der Waals surface area contributed by atoms with Gasteiger partial charge in [-0.3, -0.25) is 4.79 Å². The van der Waals surface area contributed by atoms with E-state index in [9.17, 15) is 13.6 Å². The number of carbonyl (C=O) groups is 1. The van der Waals surface area contributed by atoms with Gasteiger partial charge in [0.2, 0.25) is 0 Å². The molecule has 0 aliphatic carbocycles. The molecule has 0 N–H and O–H groups in total. The van der Waals surface area contributed by atoms with Gasteiger partial charge in [-0.1, -0.05) is 24.3 Å². The summed E-state index contributed by atoms with van der Waals surface area (Å²) in [5.74, 6) is -2.75. The van der Waals surface area contributed by atoms with Gasteiger partial charge >= 0.3 is 5.97 Å². The molecule has 2 aromatic carbocycles. The molecule has 1 aliphatic heterocycles. The molecule has 3 aromatic rings. The van der Waals surface area contributed by atoms with Crippen molar-refractivity contribution in [2.24, 2.45) is 0 Å². The van der Waals surface area contributed by atoms with Crippen LogP contribution in [0.2, 0.25) is 0 Å². The number of rotatable bonds is 10. The number of aromatic nitrogens is 3. The summed E-state index contributed by atoms with van der Waals surface area (Å²) in [6.07, 6.45) is 8.63. The maximum Gasteiger partial charge on any atom is 0.303 e. The normalized spacial score (nSPS) is 19.6. The lowest BCUT2D eigenvalue weighted by atomic mass is 9.89. The number of benzene rings is 2. The van der Waals surface area contributed by atoms with E-state index in [1.54, 1.807) is 31.2 Å². The van der Waals surface area contributed by atoms with Crippen LogP contribution in [0.5, 0.6) is 0 Å². The summed E-state index contributed by atoms with van der Waals surface area (Å²) in [5.41, 5.74) is -0.963. The fourth-order valence-electron chi connectivity index (χ4n) is 4.38. The molecule has 0 amide bonds. The van der Waals surface area contributed by atoms with E-state index >= 15 is 4.39 Å². The zero-order valence-corrected chi connectivity index (χ0v) is 23.1. The van der Waals surface area contributed by atoms with Crippen LogP contribution < -0.4 is 0 Å². The molecule has 0 bridgehead atoms. The Hall–Kier alpha value is -3.92. The van der Waals surface area contributed by atoms with E-state index in [-0.39, 0.29) is 36.1 Å². The lowest BCUT2D eigenvalue weighted by Crippen LogP contribution is -2.47. The van der Waals surface area contributed by atoms with Crippen molar-refractivity contribution in [2.45, 2.75) is 42.8 Å². The number of allylic oxidation sites excluding steroid dienone is 2. The third-order valence-electron chi connectivity index (χ3n) is 6.31. The van der Waals surface area contributed by atoms with Crippen LogP contribution in [0.3, 0.4) is 0 Å². The Morgan fingerprint density at radius 1 is 1.22 bits per heavy atom. The minimum absolute atomic E-state index is 0.00791. The zero-order chi connectivity index (χ0) is 29.4. The summed E-state index contributed by atoms with van der Waals surface area (Å²) in [7, 11) is 0. The number of ether oxygens (including phenoxy) is 3. The smallest absolute Gasteiger partial charge is 0.303 e. The van der Waals surface area contributed by atoms with Crippen LogP contribution in [0, 0.1) is 28.8 Å². The summed E-state index contributed by atoms with van der Waals surface area (Å²) < 4.78 is 61.8. The predicted molar refractivity (Wildman–Crippen MR) is 146 cm³/mol. The predicted octanol–water partition coefficient (Wildman–Crippen LogP) is 5.16. The number of carbonyl (C=O) groups excluding carboxylic acids is 1. The Morgan fingerprint density at radius 2 is 2.00 bits per heavy atom. The molecule has 0 unspecified atom stereocenters. The van der Waals surface area contributed by atoms with Crippen LogP contribution in [0.25, 0.3) is 6.08 Å². The number of hydrogen-bond acceptors (Lipinski definition) is 8. The van der Waals surface area contributed by atoms with Crippen LogP contribution in [0.15, 0.2) is 67.3 Å². The van der Waals surface area contributed by atoms with Gasteiger partial charge in [0.05, 0.1) is 36.6 Å². The highest BCUT2D eigenvalue weighted by Gasteiger charge is 2.46. The second-order valence-corrected chi connectivity index (χ2v) is 10.9. The van der Waals surface area contributed by atoms with Crippen molar-refractivity contribution >= 4 is 23.8 Å². The Bertz CT molecular complexity index is 1450. The first-order chi connectivity index (χ1) is 19.7. The van der Waals surface area contributed by atoms with Crippen molar-refractivity contribution in [1.29, 1.82) is 5.26 Å². The topological polar surface area (TPSA) is 99.3 Å². The Balaban J connectivity index is 1.44. The quantitative estimate of drug-likeness (QED) is 0.238. The zero-order valence-electron chi connectivity index (χ0n) is 22.2. The third kappa shape index (κ3) is 7.64. The van der Waals surface area contributed by atoms with Gasteiger partial charge in [-0.25, -0.2) is 22.8 Å². The highest BCUT2D eigenvalue weighted by atomic mass is 32.2. The van der Waals surface area contributed by atoms with Crippen LogP contribution >= 0.6 is 11.8 Å². The van der Waals surface area contributed by atoms with Crippen molar-refractivity contribution in [3.05, 3.63) is 101 Å². The van der Waals surface area contributed by atoms with Crippen LogP contribution in [0.4, 0.5) is 13.2 Å². The van der Waals surface area contributed by atoms with Gasteiger partial charge in [-0.15, -0.1) is 11.8 Å². The highest BCUT2D eigenvalue weighted by molar-refractivity contribution is 8.00. The SMILES string of the molecule is CC(=O)O[C@@](Cn1cncn1)(c1ccc(F)cc1F)[C@@H](C)SC1COC(C=CC=Cc2ccc(C#N)cc2F)OC1. The first-order valence-corrected chi connectivity index (χ1v) is 13.5. The van der Waals surface area contributed by atoms with E-state index in [0.29, 0.717) is 5.56 Å². The number of thioether (sulfide) groups is 1. The van der Waals surface area contributed by atoms with E-state index in [4.69, 9.17) is 19.5 Å². The maximum absolute atomic E-state index is 15.1. The molecule has 8 nitrogen and oxygen atoms in total. The summed E-state index contributed by atoms with van der Waals surface area (Å²) in [6, 6.07) is 9.24. The Kier molecular flexibility index (Phi) is 9.99. The molecule has 12 heteroatoms. The molecule has 1 aliphatic rings. The van der Waals surface area contributed by atoms with E-state index in [1.165, 1.54) is 60.3 Å². The van der Waals surface area contributed by atoms with Gasteiger partial charge in [0.1, 0.15) is 30.1 Å². The molecule has 0 saturated carbocycles. The monoisotopic (exact) mass is 584 g/mol. The molecular formula is C29H27F3N4O4S. The second-order valence-electron chi connectivity index (χ2n) is 9.23. The van der Waals surface area contributed by atoms with Crippen molar-refractivity contribution in [2.75, 3.05) is 13.2 Å². The lowest BCUT2D eigenvalue weighted by Gasteiger charge is -2.40. The van der Waals surface area contributed by atoms with Crippen molar-refractivity contribution in [3.63, 3.8) is 0 Å². The molecule has 1 aromatic heterocycles. The summed E-state index contributed by atoms with van der Waals surface area (Å²) in [6.45, 7) is 3.51. The number of halogens is 3. The first-order valence-electron chi connectivity index (χ1n) is 12.6. The van der Waals surface area contributed by atoms with Crippen molar-refractivity contribution in [1.82, 2.24) is 14.8 Å². The standard InChI is InChI=1S/C29H27F3N4O4S/c1-19(29(40-20(2)37,16-36-18-34-17-35-36)25-10-9-23(30)12-27(25)32)41-24-14-38-28(39-15-24)6-4-3-5-22-8-7-21(13-33)11-26(22)31/h3-12,17-19,24,28H,14-16H2,1-2H3/t19-,24?,28?,29-/m1/s1. The molecule has 2 heterocycles. The van der Waals surface area contributed by atoms with Gasteiger partial charge in [-0.2, -0.15) is 10.4 Å². The van der Waals surface area contributed by atoms with E-state index in [2.05, 4.69) is 10.1 Å².